The molecular weight excluding hydrogens is 464 g/mol. The molecule has 0 amide bonds. The average molecular weight is 489 g/mol. The van der Waals surface area contributed by atoms with Crippen molar-refractivity contribution in [3.63, 3.8) is 0 Å². The summed E-state index contributed by atoms with van der Waals surface area (Å²) in [4.78, 5) is 4.22. The van der Waals surface area contributed by atoms with Gasteiger partial charge in [0.2, 0.25) is 0 Å². The molecule has 38 heavy (non-hydrogen) atoms. The first-order valence-corrected chi connectivity index (χ1v) is 12.9. The molecule has 1 aliphatic heterocycles. The maximum Gasteiger partial charge on any atom is 0.0541 e. The lowest BCUT2D eigenvalue weighted by atomic mass is 10.0. The molecule has 0 bridgehead atoms. The van der Waals surface area contributed by atoms with Crippen LogP contribution >= 0.6 is 0 Å². The fourth-order valence-corrected chi connectivity index (χ4v) is 5.96. The molecule has 180 valence electrons. The van der Waals surface area contributed by atoms with Crippen LogP contribution in [0.3, 0.4) is 0 Å². The number of dihydropyridines is 1. The Hall–Kier alpha value is -5.09. The van der Waals surface area contributed by atoms with Crippen LogP contribution in [0.25, 0.3) is 66.1 Å². The largest absolute Gasteiger partial charge is 0.387 e. The zero-order valence-corrected chi connectivity index (χ0v) is 20.7. The summed E-state index contributed by atoms with van der Waals surface area (Å²) in [6.45, 7) is 0.838. The first-order chi connectivity index (χ1) is 18.9. The minimum absolute atomic E-state index is 0.838. The Kier molecular flexibility index (Phi) is 4.55. The lowest BCUT2D eigenvalue weighted by molar-refractivity contribution is 0.962. The van der Waals surface area contributed by atoms with Crippen molar-refractivity contribution >= 4 is 49.3 Å². The molecule has 4 aromatic carbocycles. The van der Waals surface area contributed by atoms with E-state index in [1.54, 1.807) is 0 Å². The van der Waals surface area contributed by atoms with Crippen LogP contribution in [0.1, 0.15) is 0 Å². The number of hydrogen-bond acceptors (Lipinski definition) is 2. The number of fused-ring (bicyclic) bond motifs is 6. The summed E-state index contributed by atoms with van der Waals surface area (Å²) in [5.74, 6) is 0. The van der Waals surface area contributed by atoms with E-state index in [1.165, 1.54) is 60.4 Å². The highest BCUT2D eigenvalue weighted by Gasteiger charge is 2.16. The van der Waals surface area contributed by atoms with Gasteiger partial charge in [0.25, 0.3) is 0 Å². The molecule has 0 saturated heterocycles. The molecule has 0 spiro atoms. The summed E-state index contributed by atoms with van der Waals surface area (Å²) in [6.07, 6.45) is 10.1. The van der Waals surface area contributed by atoms with Crippen LogP contribution in [-0.2, 0) is 0 Å². The number of pyridine rings is 1. The smallest absolute Gasteiger partial charge is 0.0541 e. The van der Waals surface area contributed by atoms with Crippen LogP contribution in [0, 0.1) is 0 Å². The maximum absolute atomic E-state index is 4.22. The molecule has 4 heterocycles. The number of aromatic nitrogens is 3. The Morgan fingerprint density at radius 3 is 1.79 bits per heavy atom. The molecule has 1 aliphatic rings. The number of nitrogens with zero attached hydrogens (tertiary/aromatic N) is 3. The van der Waals surface area contributed by atoms with E-state index in [9.17, 15) is 0 Å². The highest BCUT2D eigenvalue weighted by molar-refractivity contribution is 6.13. The minimum Gasteiger partial charge on any atom is -0.387 e. The lowest BCUT2D eigenvalue weighted by Gasteiger charge is -2.13. The zero-order chi connectivity index (χ0) is 25.1. The quantitative estimate of drug-likeness (QED) is 0.274. The molecule has 0 aliphatic carbocycles. The Balaban J connectivity index is 1.35. The fourth-order valence-electron chi connectivity index (χ4n) is 5.96. The van der Waals surface area contributed by atoms with Crippen molar-refractivity contribution < 1.29 is 0 Å². The second-order valence-corrected chi connectivity index (χ2v) is 9.74. The van der Waals surface area contributed by atoms with Gasteiger partial charge in [-0.05, 0) is 78.0 Å². The summed E-state index contributed by atoms with van der Waals surface area (Å²) in [5.41, 5.74) is 9.61. The maximum atomic E-state index is 4.22. The second kappa shape index (κ2) is 8.22. The summed E-state index contributed by atoms with van der Waals surface area (Å²) >= 11 is 0. The van der Waals surface area contributed by atoms with Crippen LogP contribution in [0.15, 0.2) is 128 Å². The molecule has 1 N–H and O–H groups in total. The minimum atomic E-state index is 0.838. The Labute approximate surface area is 219 Å². The number of para-hydroxylation sites is 2. The van der Waals surface area contributed by atoms with Crippen molar-refractivity contribution in [1.29, 1.82) is 0 Å². The summed E-state index contributed by atoms with van der Waals surface area (Å²) < 4.78 is 4.70. The first kappa shape index (κ1) is 21.0. The van der Waals surface area contributed by atoms with Crippen LogP contribution in [0.5, 0.6) is 0 Å². The van der Waals surface area contributed by atoms with Crippen molar-refractivity contribution in [2.45, 2.75) is 0 Å². The van der Waals surface area contributed by atoms with Gasteiger partial charge in [0.05, 0.1) is 22.1 Å². The van der Waals surface area contributed by atoms with E-state index in [1.807, 2.05) is 18.6 Å². The second-order valence-electron chi connectivity index (χ2n) is 9.74. The number of benzene rings is 4. The number of hydrogen-bond donors (Lipinski definition) is 1. The van der Waals surface area contributed by atoms with Gasteiger partial charge in [-0.2, -0.15) is 0 Å². The van der Waals surface area contributed by atoms with Crippen LogP contribution in [-0.4, -0.2) is 20.7 Å². The third-order valence-electron chi connectivity index (χ3n) is 7.66. The van der Waals surface area contributed by atoms with Crippen molar-refractivity contribution in [3.8, 4) is 16.8 Å². The van der Waals surface area contributed by atoms with Crippen LogP contribution < -0.4 is 5.32 Å². The van der Waals surface area contributed by atoms with E-state index in [2.05, 4.69) is 129 Å². The SMILES string of the molecule is C1=CC(n2c3ccccc3c3cc(-c4ccc5c(c4)c4ccccc4n5-c4ccncc4)ccc32)=CCN1. The molecule has 4 nitrogen and oxygen atoms in total. The average Bonchev–Trinajstić information content (AvgIpc) is 3.50. The van der Waals surface area contributed by atoms with Gasteiger partial charge in [-0.1, -0.05) is 48.5 Å². The van der Waals surface area contributed by atoms with E-state index in [4.69, 9.17) is 0 Å². The van der Waals surface area contributed by atoms with Crippen molar-refractivity contribution in [2.24, 2.45) is 0 Å². The molecule has 0 unspecified atom stereocenters. The molecule has 0 fully saturated rings. The monoisotopic (exact) mass is 488 g/mol. The third-order valence-corrected chi connectivity index (χ3v) is 7.66. The fraction of sp³-hybridized carbons (Fsp3) is 0.0294. The van der Waals surface area contributed by atoms with E-state index in [0.29, 0.717) is 0 Å². The van der Waals surface area contributed by atoms with Gasteiger partial charge >= 0.3 is 0 Å². The van der Waals surface area contributed by atoms with Gasteiger partial charge in [0.1, 0.15) is 0 Å². The summed E-state index contributed by atoms with van der Waals surface area (Å²) in [5, 5.41) is 8.31. The van der Waals surface area contributed by atoms with Gasteiger partial charge in [-0.25, -0.2) is 0 Å². The molecule has 4 heteroatoms. The zero-order valence-electron chi connectivity index (χ0n) is 20.7. The van der Waals surface area contributed by atoms with E-state index in [-0.39, 0.29) is 0 Å². The normalized spacial score (nSPS) is 13.4. The van der Waals surface area contributed by atoms with E-state index < -0.39 is 0 Å². The number of rotatable bonds is 3. The lowest BCUT2D eigenvalue weighted by Crippen LogP contribution is -2.10. The summed E-state index contributed by atoms with van der Waals surface area (Å²) in [7, 11) is 0. The predicted molar refractivity (Wildman–Crippen MR) is 158 cm³/mol. The number of allylic oxidation sites excluding steroid dienone is 2. The van der Waals surface area contributed by atoms with Gasteiger partial charge in [0, 0.05) is 51.9 Å². The topological polar surface area (TPSA) is 34.8 Å². The third kappa shape index (κ3) is 3.07. The van der Waals surface area contributed by atoms with Crippen LogP contribution in [0.4, 0.5) is 0 Å². The van der Waals surface area contributed by atoms with Crippen molar-refractivity contribution in [2.75, 3.05) is 6.54 Å². The van der Waals surface area contributed by atoms with Gasteiger partial charge in [-0.15, -0.1) is 0 Å². The molecule has 0 atom stereocenters. The predicted octanol–water partition coefficient (Wildman–Crippen LogP) is 7.91. The highest BCUT2D eigenvalue weighted by Crippen LogP contribution is 2.38. The Bertz CT molecular complexity index is 2070. The highest BCUT2D eigenvalue weighted by atomic mass is 15.0. The first-order valence-electron chi connectivity index (χ1n) is 12.9. The Morgan fingerprint density at radius 2 is 1.16 bits per heavy atom. The number of nitrogens with one attached hydrogen (secondary N) is 1. The molecule has 8 rings (SSSR count). The standard InChI is InChI=1S/C34H24N4/c1-3-7-31-27(5-1)29-21-23(9-11-33(29)37(31)25-13-17-35-18-14-25)24-10-12-34-30(22-24)28-6-2-4-8-32(28)38(34)26-15-19-36-20-16-26/h1-19,21-22,36H,20H2. The van der Waals surface area contributed by atoms with Gasteiger partial charge in [0.15, 0.2) is 0 Å². The van der Waals surface area contributed by atoms with Crippen molar-refractivity contribution in [1.82, 2.24) is 19.4 Å². The van der Waals surface area contributed by atoms with E-state index >= 15 is 0 Å². The summed E-state index contributed by atoms with van der Waals surface area (Å²) in [6, 6.07) is 35.2. The Morgan fingerprint density at radius 1 is 0.579 bits per heavy atom. The van der Waals surface area contributed by atoms with Gasteiger partial charge < -0.3 is 14.5 Å². The molecule has 7 aromatic rings. The molecular formula is C34H24N4. The van der Waals surface area contributed by atoms with E-state index in [0.717, 1.165) is 12.2 Å². The van der Waals surface area contributed by atoms with Crippen molar-refractivity contribution in [3.05, 3.63) is 128 Å². The van der Waals surface area contributed by atoms with Gasteiger partial charge in [-0.3, -0.25) is 4.98 Å². The molecule has 0 radical (unpaired) electrons. The molecule has 3 aromatic heterocycles. The molecule has 0 saturated carbocycles. The van der Waals surface area contributed by atoms with Crippen LogP contribution in [0.2, 0.25) is 0 Å².